The van der Waals surface area contributed by atoms with E-state index in [4.69, 9.17) is 11.6 Å². The molecule has 0 bridgehead atoms. The zero-order chi connectivity index (χ0) is 9.72. The van der Waals surface area contributed by atoms with Crippen molar-refractivity contribution in [2.75, 3.05) is 14.1 Å². The van der Waals surface area contributed by atoms with E-state index in [1.54, 1.807) is 14.1 Å². The van der Waals surface area contributed by atoms with Gasteiger partial charge in [-0.25, -0.2) is 4.79 Å². The van der Waals surface area contributed by atoms with Crippen molar-refractivity contribution in [1.29, 1.82) is 0 Å². The van der Waals surface area contributed by atoms with Crippen molar-refractivity contribution in [3.8, 4) is 0 Å². The molecule has 0 aliphatic heterocycles. The van der Waals surface area contributed by atoms with E-state index in [9.17, 15) is 4.79 Å². The first-order valence-electron chi connectivity index (χ1n) is 3.56. The van der Waals surface area contributed by atoms with Crippen molar-refractivity contribution >= 4 is 22.9 Å². The van der Waals surface area contributed by atoms with Crippen LogP contribution in [-0.2, 0) is 4.84 Å². The summed E-state index contributed by atoms with van der Waals surface area (Å²) in [5.74, 6) is 0.0710. The van der Waals surface area contributed by atoms with Gasteiger partial charge in [0.15, 0.2) is 0 Å². The molecule has 0 fully saturated rings. The highest BCUT2D eigenvalue weighted by Crippen LogP contribution is 2.02. The number of hydrogen-bond acceptors (Lipinski definition) is 3. The fourth-order valence-electron chi connectivity index (χ4n) is 0.270. The molecule has 12 heavy (non-hydrogen) atoms. The maximum atomic E-state index is 10.8. The number of halogens is 1. The molecule has 0 aliphatic rings. The van der Waals surface area contributed by atoms with Gasteiger partial charge in [0.2, 0.25) is 0 Å². The molecule has 0 aromatic heterocycles. The standard InChI is InChI=1S/C7H13ClN2O2/c1-5(2)6(8)9-12-7(11)10(3)4/h5H,1-4H3/b9-6+. The van der Waals surface area contributed by atoms with Crippen LogP contribution in [0.5, 0.6) is 0 Å². The first-order valence-corrected chi connectivity index (χ1v) is 3.94. The number of rotatable bonds is 2. The van der Waals surface area contributed by atoms with E-state index in [-0.39, 0.29) is 11.1 Å². The molecule has 70 valence electrons. The Morgan fingerprint density at radius 1 is 1.50 bits per heavy atom. The van der Waals surface area contributed by atoms with Crippen LogP contribution in [0.3, 0.4) is 0 Å². The Balaban J connectivity index is 3.96. The third-order valence-corrected chi connectivity index (χ3v) is 1.56. The van der Waals surface area contributed by atoms with Gasteiger partial charge >= 0.3 is 6.09 Å². The Morgan fingerprint density at radius 3 is 2.33 bits per heavy atom. The number of carbonyl (C=O) groups is 1. The second-order valence-corrected chi connectivity index (χ2v) is 3.21. The zero-order valence-corrected chi connectivity index (χ0v) is 8.42. The van der Waals surface area contributed by atoms with Gasteiger partial charge in [-0.15, -0.1) is 0 Å². The second-order valence-electron chi connectivity index (χ2n) is 2.82. The molecule has 0 radical (unpaired) electrons. The van der Waals surface area contributed by atoms with Gasteiger partial charge in [0.25, 0.3) is 0 Å². The smallest absolute Gasteiger partial charge is 0.312 e. The summed E-state index contributed by atoms with van der Waals surface area (Å²) in [7, 11) is 3.14. The van der Waals surface area contributed by atoms with Crippen LogP contribution in [0.1, 0.15) is 13.8 Å². The van der Waals surface area contributed by atoms with Crippen LogP contribution in [0.25, 0.3) is 0 Å². The molecular weight excluding hydrogens is 180 g/mol. The van der Waals surface area contributed by atoms with E-state index in [2.05, 4.69) is 9.99 Å². The fourth-order valence-corrected chi connectivity index (χ4v) is 0.304. The van der Waals surface area contributed by atoms with Crippen molar-refractivity contribution < 1.29 is 9.63 Å². The summed E-state index contributed by atoms with van der Waals surface area (Å²) >= 11 is 5.62. The lowest BCUT2D eigenvalue weighted by Crippen LogP contribution is -2.21. The number of oxime groups is 1. The fraction of sp³-hybridized carbons (Fsp3) is 0.714. The average molecular weight is 193 g/mol. The van der Waals surface area contributed by atoms with Crippen LogP contribution in [0.15, 0.2) is 5.16 Å². The number of nitrogens with zero attached hydrogens (tertiary/aromatic N) is 2. The highest BCUT2D eigenvalue weighted by Gasteiger charge is 2.06. The molecule has 0 saturated carbocycles. The summed E-state index contributed by atoms with van der Waals surface area (Å²) in [6, 6.07) is 0. The SMILES string of the molecule is CC(C)/C(Cl)=N\OC(=O)N(C)C. The minimum Gasteiger partial charge on any atom is -0.312 e. The maximum Gasteiger partial charge on any atom is 0.435 e. The predicted molar refractivity (Wildman–Crippen MR) is 48.3 cm³/mol. The zero-order valence-electron chi connectivity index (χ0n) is 7.67. The van der Waals surface area contributed by atoms with Crippen molar-refractivity contribution in [1.82, 2.24) is 4.90 Å². The molecule has 0 unspecified atom stereocenters. The Kier molecular flexibility index (Phi) is 4.66. The van der Waals surface area contributed by atoms with E-state index >= 15 is 0 Å². The summed E-state index contributed by atoms with van der Waals surface area (Å²) in [4.78, 5) is 16.5. The number of amides is 1. The van der Waals surface area contributed by atoms with Crippen LogP contribution in [0.4, 0.5) is 4.79 Å². The molecule has 0 aliphatic carbocycles. The van der Waals surface area contributed by atoms with Crippen LogP contribution in [-0.4, -0.2) is 30.3 Å². The second kappa shape index (κ2) is 4.98. The van der Waals surface area contributed by atoms with E-state index in [1.807, 2.05) is 13.8 Å². The van der Waals surface area contributed by atoms with Crippen molar-refractivity contribution in [3.63, 3.8) is 0 Å². The van der Waals surface area contributed by atoms with Gasteiger partial charge in [-0.3, -0.25) is 4.84 Å². The lowest BCUT2D eigenvalue weighted by molar-refractivity contribution is 0.122. The lowest BCUT2D eigenvalue weighted by Gasteiger charge is -2.06. The van der Waals surface area contributed by atoms with Crippen LogP contribution in [0, 0.1) is 5.92 Å². The van der Waals surface area contributed by atoms with Gasteiger partial charge in [0.05, 0.1) is 0 Å². The Hall–Kier alpha value is -0.770. The van der Waals surface area contributed by atoms with Crippen LogP contribution < -0.4 is 0 Å². The maximum absolute atomic E-state index is 10.8. The lowest BCUT2D eigenvalue weighted by atomic mass is 10.2. The largest absolute Gasteiger partial charge is 0.435 e. The highest BCUT2D eigenvalue weighted by molar-refractivity contribution is 6.65. The minimum absolute atomic E-state index is 0.0710. The van der Waals surface area contributed by atoms with Crippen molar-refractivity contribution in [2.45, 2.75) is 13.8 Å². The molecule has 4 nitrogen and oxygen atoms in total. The van der Waals surface area contributed by atoms with Crippen molar-refractivity contribution in [3.05, 3.63) is 0 Å². The normalized spacial score (nSPS) is 11.7. The monoisotopic (exact) mass is 192 g/mol. The van der Waals surface area contributed by atoms with Crippen molar-refractivity contribution in [2.24, 2.45) is 11.1 Å². The highest BCUT2D eigenvalue weighted by atomic mass is 35.5. The Bertz CT molecular complexity index is 190. The first-order chi connectivity index (χ1) is 5.45. The van der Waals surface area contributed by atoms with Gasteiger partial charge in [-0.1, -0.05) is 30.6 Å². The molecule has 5 heteroatoms. The molecule has 0 atom stereocenters. The Labute approximate surface area is 77.1 Å². The molecule has 0 saturated heterocycles. The first kappa shape index (κ1) is 11.2. The summed E-state index contributed by atoms with van der Waals surface area (Å²) in [5, 5.41) is 3.72. The summed E-state index contributed by atoms with van der Waals surface area (Å²) in [5.41, 5.74) is 0. The molecule has 0 spiro atoms. The van der Waals surface area contributed by atoms with Gasteiger partial charge in [0, 0.05) is 20.0 Å². The number of carbonyl (C=O) groups excluding carboxylic acids is 1. The molecule has 0 heterocycles. The van der Waals surface area contributed by atoms with Gasteiger partial charge < -0.3 is 4.90 Å². The molecule has 1 amide bonds. The van der Waals surface area contributed by atoms with E-state index in [0.29, 0.717) is 0 Å². The third-order valence-electron chi connectivity index (χ3n) is 1.05. The third kappa shape index (κ3) is 4.18. The predicted octanol–water partition coefficient (Wildman–Crippen LogP) is 1.89. The molecular formula is C7H13ClN2O2. The van der Waals surface area contributed by atoms with Crippen LogP contribution in [0.2, 0.25) is 0 Å². The Morgan fingerprint density at radius 2 is 2.00 bits per heavy atom. The van der Waals surface area contributed by atoms with Gasteiger partial charge in [0.1, 0.15) is 5.17 Å². The molecule has 0 aromatic rings. The van der Waals surface area contributed by atoms with Gasteiger partial charge in [-0.05, 0) is 0 Å². The average Bonchev–Trinajstić information content (AvgIpc) is 1.98. The summed E-state index contributed by atoms with van der Waals surface area (Å²) in [6.07, 6.45) is -0.534. The molecule has 0 aromatic carbocycles. The number of hydrogen-bond donors (Lipinski definition) is 0. The van der Waals surface area contributed by atoms with Crippen LogP contribution >= 0.6 is 11.6 Å². The van der Waals surface area contributed by atoms with E-state index < -0.39 is 6.09 Å². The minimum atomic E-state index is -0.534. The molecule has 0 rings (SSSR count). The van der Waals surface area contributed by atoms with E-state index in [1.165, 1.54) is 4.90 Å². The van der Waals surface area contributed by atoms with E-state index in [0.717, 1.165) is 0 Å². The summed E-state index contributed by atoms with van der Waals surface area (Å²) < 4.78 is 0. The topological polar surface area (TPSA) is 41.9 Å². The molecule has 0 N–H and O–H groups in total. The van der Waals surface area contributed by atoms with Gasteiger partial charge in [-0.2, -0.15) is 0 Å². The quantitative estimate of drug-likeness (QED) is 0.381. The summed E-state index contributed by atoms with van der Waals surface area (Å²) in [6.45, 7) is 3.71.